The van der Waals surface area contributed by atoms with E-state index >= 15 is 0 Å². The number of imidazole rings is 1. The predicted octanol–water partition coefficient (Wildman–Crippen LogP) is 0.374. The highest BCUT2D eigenvalue weighted by Gasteiger charge is 2.12. The van der Waals surface area contributed by atoms with Crippen LogP contribution in [0.1, 0.15) is 5.82 Å². The maximum absolute atomic E-state index is 11.3. The van der Waals surface area contributed by atoms with Crippen molar-refractivity contribution in [1.29, 1.82) is 0 Å². The van der Waals surface area contributed by atoms with Gasteiger partial charge in [-0.15, -0.1) is 0 Å². The van der Waals surface area contributed by atoms with Crippen molar-refractivity contribution in [3.63, 3.8) is 0 Å². The fourth-order valence-corrected chi connectivity index (χ4v) is 1.78. The summed E-state index contributed by atoms with van der Waals surface area (Å²) in [6.45, 7) is 1.81. The van der Waals surface area contributed by atoms with Gasteiger partial charge in [0.15, 0.2) is 0 Å². The third-order valence-corrected chi connectivity index (χ3v) is 2.88. The highest BCUT2D eigenvalue weighted by atomic mass is 32.2. The number of hydrogen-bond donors (Lipinski definition) is 0. The molecule has 2 heterocycles. The van der Waals surface area contributed by atoms with Gasteiger partial charge >= 0.3 is 0 Å². The average Bonchev–Trinajstić information content (AvgIpc) is 2.63. The topological polar surface area (TPSA) is 77.7 Å². The minimum absolute atomic E-state index is 0.182. The van der Waals surface area contributed by atoms with Gasteiger partial charge < -0.3 is 0 Å². The Morgan fingerprint density at radius 2 is 2.00 bits per heavy atom. The number of aromatic nitrogens is 4. The molecule has 0 aromatic carbocycles. The quantitative estimate of drug-likeness (QED) is 0.706. The van der Waals surface area contributed by atoms with Gasteiger partial charge in [-0.2, -0.15) is 0 Å². The van der Waals surface area contributed by atoms with Crippen LogP contribution in [0.15, 0.2) is 29.8 Å². The second-order valence-corrected chi connectivity index (χ2v) is 5.22. The van der Waals surface area contributed by atoms with Crippen molar-refractivity contribution in [2.24, 2.45) is 0 Å². The summed E-state index contributed by atoms with van der Waals surface area (Å²) in [4.78, 5) is 11.7. The Labute approximate surface area is 92.9 Å². The molecule has 84 valence electrons. The number of nitrogens with zero attached hydrogens (tertiary/aromatic N) is 4. The van der Waals surface area contributed by atoms with Crippen LogP contribution in [0, 0.1) is 6.92 Å². The van der Waals surface area contributed by atoms with Crippen LogP contribution in [-0.2, 0) is 9.84 Å². The minimum atomic E-state index is -3.39. The molecule has 0 saturated heterocycles. The molecule has 0 fully saturated rings. The lowest BCUT2D eigenvalue weighted by Gasteiger charge is -2.04. The van der Waals surface area contributed by atoms with Crippen molar-refractivity contribution in [1.82, 2.24) is 19.5 Å². The molecule has 0 atom stereocenters. The maximum atomic E-state index is 11.3. The first-order valence-corrected chi connectivity index (χ1v) is 6.41. The third kappa shape index (κ3) is 1.94. The summed E-state index contributed by atoms with van der Waals surface area (Å²) in [6.07, 6.45) is 5.83. The molecule has 0 amide bonds. The number of hydrogen-bond acceptors (Lipinski definition) is 5. The van der Waals surface area contributed by atoms with Gasteiger partial charge in [-0.05, 0) is 13.0 Å². The Hall–Kier alpha value is -1.76. The molecule has 0 radical (unpaired) electrons. The summed E-state index contributed by atoms with van der Waals surface area (Å²) < 4.78 is 24.3. The van der Waals surface area contributed by atoms with E-state index in [0.29, 0.717) is 5.82 Å². The Morgan fingerprint density at radius 3 is 2.56 bits per heavy atom. The van der Waals surface area contributed by atoms with Crippen molar-refractivity contribution < 1.29 is 8.42 Å². The second kappa shape index (κ2) is 3.67. The molecule has 0 saturated carbocycles. The monoisotopic (exact) mass is 238 g/mol. The fraction of sp³-hybridized carbons (Fsp3) is 0.222. The van der Waals surface area contributed by atoms with Gasteiger partial charge in [0.25, 0.3) is 0 Å². The van der Waals surface area contributed by atoms with Crippen LogP contribution in [-0.4, -0.2) is 34.2 Å². The van der Waals surface area contributed by atoms with E-state index in [1.807, 2.05) is 6.92 Å². The maximum Gasteiger partial charge on any atom is 0.248 e. The Morgan fingerprint density at radius 1 is 1.25 bits per heavy atom. The van der Waals surface area contributed by atoms with Crippen LogP contribution < -0.4 is 0 Å². The van der Waals surface area contributed by atoms with Gasteiger partial charge in [-0.25, -0.2) is 23.4 Å². The SMILES string of the molecule is Cc1nccn1-c1ccnc(S(C)(=O)=O)n1. The van der Waals surface area contributed by atoms with E-state index in [2.05, 4.69) is 15.0 Å². The second-order valence-electron chi connectivity index (χ2n) is 3.31. The zero-order valence-electron chi connectivity index (χ0n) is 8.82. The van der Waals surface area contributed by atoms with E-state index in [9.17, 15) is 8.42 Å². The zero-order chi connectivity index (χ0) is 11.8. The molecule has 0 aliphatic carbocycles. The van der Waals surface area contributed by atoms with Gasteiger partial charge in [0.1, 0.15) is 11.6 Å². The van der Waals surface area contributed by atoms with Crippen molar-refractivity contribution >= 4 is 9.84 Å². The molecule has 2 aromatic rings. The van der Waals surface area contributed by atoms with E-state index in [1.54, 1.807) is 23.0 Å². The number of sulfone groups is 1. The van der Waals surface area contributed by atoms with Crippen LogP contribution in [0.2, 0.25) is 0 Å². The molecule has 2 aromatic heterocycles. The molecule has 0 unspecified atom stereocenters. The lowest BCUT2D eigenvalue weighted by Crippen LogP contribution is -2.07. The molecule has 6 nitrogen and oxygen atoms in total. The molecular formula is C9H10N4O2S. The van der Waals surface area contributed by atoms with Crippen molar-refractivity contribution in [3.05, 3.63) is 30.5 Å². The highest BCUT2D eigenvalue weighted by molar-refractivity contribution is 7.90. The molecule has 0 bridgehead atoms. The van der Waals surface area contributed by atoms with Gasteiger partial charge in [-0.3, -0.25) is 4.57 Å². The van der Waals surface area contributed by atoms with Crippen molar-refractivity contribution in [3.8, 4) is 5.82 Å². The molecule has 0 aliphatic heterocycles. The van der Waals surface area contributed by atoms with Crippen LogP contribution in [0.4, 0.5) is 0 Å². The molecule has 16 heavy (non-hydrogen) atoms. The van der Waals surface area contributed by atoms with Crippen LogP contribution >= 0.6 is 0 Å². The number of rotatable bonds is 2. The summed E-state index contributed by atoms with van der Waals surface area (Å²) in [5.41, 5.74) is 0. The molecule has 0 spiro atoms. The largest absolute Gasteiger partial charge is 0.288 e. The summed E-state index contributed by atoms with van der Waals surface area (Å²) in [6, 6.07) is 1.63. The highest BCUT2D eigenvalue weighted by Crippen LogP contribution is 2.09. The van der Waals surface area contributed by atoms with Crippen molar-refractivity contribution in [2.45, 2.75) is 12.1 Å². The first-order chi connectivity index (χ1) is 7.48. The van der Waals surface area contributed by atoms with E-state index in [0.717, 1.165) is 12.1 Å². The molecule has 2 rings (SSSR count). The third-order valence-electron chi connectivity index (χ3n) is 2.02. The van der Waals surface area contributed by atoms with Gasteiger partial charge in [-0.1, -0.05) is 0 Å². The summed E-state index contributed by atoms with van der Waals surface area (Å²) in [5, 5.41) is -0.182. The Balaban J connectivity index is 2.57. The Bertz CT molecular complexity index is 618. The summed E-state index contributed by atoms with van der Waals surface area (Å²) >= 11 is 0. The van der Waals surface area contributed by atoms with E-state index in [1.165, 1.54) is 6.20 Å². The van der Waals surface area contributed by atoms with E-state index in [4.69, 9.17) is 0 Å². The van der Waals surface area contributed by atoms with E-state index in [-0.39, 0.29) is 5.16 Å². The van der Waals surface area contributed by atoms with Crippen LogP contribution in [0.25, 0.3) is 5.82 Å². The standard InChI is InChI=1S/C9H10N4O2S/c1-7-10-5-6-13(7)8-3-4-11-9(12-8)16(2,14)15/h3-6H,1-2H3. The summed E-state index contributed by atoms with van der Waals surface area (Å²) in [7, 11) is -3.39. The smallest absolute Gasteiger partial charge is 0.248 e. The molecular weight excluding hydrogens is 228 g/mol. The van der Waals surface area contributed by atoms with Crippen LogP contribution in [0.5, 0.6) is 0 Å². The van der Waals surface area contributed by atoms with Crippen molar-refractivity contribution in [2.75, 3.05) is 6.26 Å². The normalized spacial score (nSPS) is 11.6. The van der Waals surface area contributed by atoms with E-state index < -0.39 is 9.84 Å². The molecule has 7 heteroatoms. The lowest BCUT2D eigenvalue weighted by molar-refractivity contribution is 0.592. The average molecular weight is 238 g/mol. The zero-order valence-corrected chi connectivity index (χ0v) is 9.64. The van der Waals surface area contributed by atoms with Gasteiger partial charge in [0.2, 0.25) is 15.0 Å². The molecule has 0 N–H and O–H groups in total. The Kier molecular flexibility index (Phi) is 2.47. The molecule has 0 aliphatic rings. The van der Waals surface area contributed by atoms with Gasteiger partial charge in [0, 0.05) is 24.8 Å². The summed E-state index contributed by atoms with van der Waals surface area (Å²) in [5.74, 6) is 1.23. The fourth-order valence-electron chi connectivity index (χ4n) is 1.26. The minimum Gasteiger partial charge on any atom is -0.288 e. The van der Waals surface area contributed by atoms with Gasteiger partial charge in [0.05, 0.1) is 0 Å². The first-order valence-electron chi connectivity index (χ1n) is 4.52. The lowest BCUT2D eigenvalue weighted by atomic mass is 10.5. The predicted molar refractivity (Wildman–Crippen MR) is 57.0 cm³/mol. The first kappa shape index (κ1) is 10.7. The van der Waals surface area contributed by atoms with Crippen LogP contribution in [0.3, 0.4) is 0 Å². The number of aryl methyl sites for hydroxylation is 1.